The van der Waals surface area contributed by atoms with E-state index in [4.69, 9.17) is 9.47 Å². The first-order chi connectivity index (χ1) is 5.79. The van der Waals surface area contributed by atoms with Crippen LogP contribution in [0.2, 0.25) is 6.32 Å². The smallest absolute Gasteiger partial charge is 0.339 e. The molecule has 2 unspecified atom stereocenters. The van der Waals surface area contributed by atoms with E-state index in [1.807, 2.05) is 7.85 Å². The highest BCUT2D eigenvalue weighted by atomic mass is 80.0. The third kappa shape index (κ3) is 2.49. The molecule has 3 nitrogen and oxygen atoms in total. The Labute approximate surface area is 103 Å². The van der Waals surface area contributed by atoms with Crippen molar-refractivity contribution in [3.05, 3.63) is 0 Å². The SMILES string of the molecule is BCC1(C)OC(C(Br)(Br)Br)OC1=O. The van der Waals surface area contributed by atoms with Crippen molar-refractivity contribution < 1.29 is 14.3 Å². The molecule has 1 heterocycles. The number of hydrogen-bond acceptors (Lipinski definition) is 3. The molecular formula is C6H8BBr3O3. The minimum absolute atomic E-state index is 0.331. The molecule has 0 aliphatic carbocycles. The van der Waals surface area contributed by atoms with Crippen LogP contribution in [-0.2, 0) is 14.3 Å². The fraction of sp³-hybridized carbons (Fsp3) is 0.833. The first-order valence-corrected chi connectivity index (χ1v) is 6.13. The van der Waals surface area contributed by atoms with Gasteiger partial charge in [0.1, 0.15) is 7.85 Å². The van der Waals surface area contributed by atoms with Crippen molar-refractivity contribution in [3.63, 3.8) is 0 Å². The Hall–Kier alpha value is 0.935. The quantitative estimate of drug-likeness (QED) is 0.394. The fourth-order valence-electron chi connectivity index (χ4n) is 0.892. The molecule has 0 aromatic heterocycles. The summed E-state index contributed by atoms with van der Waals surface area (Å²) in [6.45, 7) is 1.72. The van der Waals surface area contributed by atoms with Gasteiger partial charge >= 0.3 is 5.97 Å². The molecule has 1 rings (SSSR count). The van der Waals surface area contributed by atoms with Gasteiger partial charge in [-0.25, -0.2) is 4.79 Å². The summed E-state index contributed by atoms with van der Waals surface area (Å²) >= 11 is 9.73. The summed E-state index contributed by atoms with van der Waals surface area (Å²) in [4.78, 5) is 11.4. The topological polar surface area (TPSA) is 35.5 Å². The van der Waals surface area contributed by atoms with Gasteiger partial charge < -0.3 is 9.47 Å². The monoisotopic (exact) mass is 376 g/mol. The molecule has 0 N–H and O–H groups in total. The Balaban J connectivity index is 2.77. The summed E-state index contributed by atoms with van der Waals surface area (Å²) in [6, 6.07) is 0. The zero-order valence-corrected chi connectivity index (χ0v) is 11.9. The Bertz CT molecular complexity index is 230. The highest BCUT2D eigenvalue weighted by Crippen LogP contribution is 2.44. The van der Waals surface area contributed by atoms with Crippen molar-refractivity contribution in [2.75, 3.05) is 0 Å². The maximum atomic E-state index is 11.4. The summed E-state index contributed by atoms with van der Waals surface area (Å²) in [5.74, 6) is -0.331. The molecule has 1 aliphatic rings. The standard InChI is InChI=1S/C6H8BBr3O3/c1-5(2-7)3(11)12-4(13-5)6(8,9)10/h4H,2,7H2,1H3. The lowest BCUT2D eigenvalue weighted by Crippen LogP contribution is -2.33. The number of alkyl halides is 3. The average molecular weight is 379 g/mol. The second kappa shape index (κ2) is 3.83. The highest BCUT2D eigenvalue weighted by molar-refractivity contribution is 9.39. The van der Waals surface area contributed by atoms with E-state index in [1.165, 1.54) is 0 Å². The van der Waals surface area contributed by atoms with Crippen LogP contribution in [0.3, 0.4) is 0 Å². The van der Waals surface area contributed by atoms with Gasteiger partial charge in [-0.15, -0.1) is 0 Å². The summed E-state index contributed by atoms with van der Waals surface area (Å²) < 4.78 is 9.78. The summed E-state index contributed by atoms with van der Waals surface area (Å²) in [7, 11) is 1.88. The third-order valence-electron chi connectivity index (χ3n) is 1.95. The summed E-state index contributed by atoms with van der Waals surface area (Å²) in [5.41, 5.74) is -0.828. The van der Waals surface area contributed by atoms with E-state index >= 15 is 0 Å². The van der Waals surface area contributed by atoms with E-state index in [0.29, 0.717) is 6.32 Å². The van der Waals surface area contributed by atoms with Gasteiger partial charge in [0.25, 0.3) is 0 Å². The Kier molecular flexibility index (Phi) is 3.54. The maximum Gasteiger partial charge on any atom is 0.339 e. The van der Waals surface area contributed by atoms with Crippen molar-refractivity contribution in [2.45, 2.75) is 27.3 Å². The molecule has 0 spiro atoms. The number of carbonyl (C=O) groups is 1. The van der Waals surface area contributed by atoms with Gasteiger partial charge in [0.2, 0.25) is 6.29 Å². The Morgan fingerprint density at radius 2 is 2.15 bits per heavy atom. The van der Waals surface area contributed by atoms with Crippen LogP contribution in [0, 0.1) is 0 Å². The lowest BCUT2D eigenvalue weighted by atomic mass is 9.89. The number of esters is 1. The molecule has 13 heavy (non-hydrogen) atoms. The second-order valence-electron chi connectivity index (χ2n) is 2.98. The molecule has 0 aromatic carbocycles. The van der Waals surface area contributed by atoms with Crippen molar-refractivity contribution in [2.24, 2.45) is 0 Å². The van der Waals surface area contributed by atoms with Crippen LogP contribution < -0.4 is 0 Å². The molecule has 74 valence electrons. The summed E-state index contributed by atoms with van der Waals surface area (Å²) in [6.07, 6.45) is -0.0734. The van der Waals surface area contributed by atoms with Crippen LogP contribution in [0.5, 0.6) is 0 Å². The molecule has 1 aliphatic heterocycles. The molecule has 2 atom stereocenters. The summed E-state index contributed by atoms with van der Waals surface area (Å²) in [5, 5.41) is 0. The molecule has 0 aromatic rings. The van der Waals surface area contributed by atoms with Gasteiger partial charge in [0.05, 0.1) is 0 Å². The molecule has 0 bridgehead atoms. The van der Waals surface area contributed by atoms with Crippen LogP contribution in [-0.4, -0.2) is 27.8 Å². The third-order valence-corrected chi connectivity index (χ3v) is 3.08. The van der Waals surface area contributed by atoms with E-state index < -0.39 is 14.0 Å². The van der Waals surface area contributed by atoms with Crippen molar-refractivity contribution >= 4 is 61.6 Å². The van der Waals surface area contributed by atoms with Crippen LogP contribution in [0.4, 0.5) is 0 Å². The lowest BCUT2D eigenvalue weighted by molar-refractivity contribution is -0.144. The largest absolute Gasteiger partial charge is 0.430 e. The van der Waals surface area contributed by atoms with Crippen LogP contribution in [0.15, 0.2) is 0 Å². The highest BCUT2D eigenvalue weighted by Gasteiger charge is 2.51. The number of cyclic esters (lactones) is 1. The van der Waals surface area contributed by atoms with Gasteiger partial charge in [-0.05, 0) is 13.2 Å². The zero-order valence-electron chi connectivity index (χ0n) is 7.14. The predicted molar refractivity (Wildman–Crippen MR) is 62.2 cm³/mol. The average Bonchev–Trinajstić information content (AvgIpc) is 2.29. The first-order valence-electron chi connectivity index (χ1n) is 3.75. The molecule has 7 heteroatoms. The van der Waals surface area contributed by atoms with Crippen molar-refractivity contribution in [1.82, 2.24) is 0 Å². The zero-order chi connectivity index (χ0) is 10.3. The maximum absolute atomic E-state index is 11.4. The van der Waals surface area contributed by atoms with Crippen LogP contribution in [0.1, 0.15) is 6.92 Å². The molecule has 0 saturated carbocycles. The molecule has 0 amide bonds. The minimum Gasteiger partial charge on any atom is -0.430 e. The number of ether oxygens (including phenoxy) is 2. The number of carbonyl (C=O) groups excluding carboxylic acids is 1. The van der Waals surface area contributed by atoms with Gasteiger partial charge in [-0.1, -0.05) is 47.8 Å². The van der Waals surface area contributed by atoms with Crippen molar-refractivity contribution in [1.29, 1.82) is 0 Å². The van der Waals surface area contributed by atoms with E-state index in [2.05, 4.69) is 47.8 Å². The number of hydrogen-bond donors (Lipinski definition) is 0. The van der Waals surface area contributed by atoms with Gasteiger partial charge in [-0.3, -0.25) is 0 Å². The Morgan fingerprint density at radius 3 is 2.38 bits per heavy atom. The predicted octanol–water partition coefficient (Wildman–Crippen LogP) is 1.53. The van der Waals surface area contributed by atoms with Crippen molar-refractivity contribution in [3.8, 4) is 0 Å². The molecule has 1 saturated heterocycles. The van der Waals surface area contributed by atoms with E-state index in [9.17, 15) is 4.79 Å². The van der Waals surface area contributed by atoms with Gasteiger partial charge in [0.15, 0.2) is 7.74 Å². The number of halogens is 3. The second-order valence-corrected chi connectivity index (χ2v) is 9.93. The first kappa shape index (κ1) is 12.0. The van der Waals surface area contributed by atoms with Crippen LogP contribution in [0.25, 0.3) is 0 Å². The van der Waals surface area contributed by atoms with E-state index in [0.717, 1.165) is 0 Å². The van der Waals surface area contributed by atoms with E-state index in [-0.39, 0.29) is 5.97 Å². The van der Waals surface area contributed by atoms with E-state index in [1.54, 1.807) is 6.92 Å². The molecular weight excluding hydrogens is 371 g/mol. The fourth-order valence-corrected chi connectivity index (χ4v) is 1.45. The minimum atomic E-state index is -0.828. The van der Waals surface area contributed by atoms with Crippen LogP contribution >= 0.6 is 47.8 Å². The Morgan fingerprint density at radius 1 is 1.62 bits per heavy atom. The normalized spacial score (nSPS) is 34.8. The number of rotatable bonds is 1. The van der Waals surface area contributed by atoms with Gasteiger partial charge in [-0.2, -0.15) is 0 Å². The van der Waals surface area contributed by atoms with Gasteiger partial charge in [0, 0.05) is 0 Å². The molecule has 0 radical (unpaired) electrons. The lowest BCUT2D eigenvalue weighted by Gasteiger charge is -2.21. The molecule has 1 fully saturated rings.